The highest BCUT2D eigenvalue weighted by atomic mass is 16.5. The van der Waals surface area contributed by atoms with Crippen LogP contribution in [0.15, 0.2) is 54.7 Å². The average molecular weight is 513 g/mol. The summed E-state index contributed by atoms with van der Waals surface area (Å²) in [6, 6.07) is 16.2. The molecular formula is C32H36N2O4. The summed E-state index contributed by atoms with van der Waals surface area (Å²) < 4.78 is 5.95. The number of hydrogen-bond donors (Lipinski definition) is 1. The van der Waals surface area contributed by atoms with E-state index in [-0.39, 0.29) is 5.91 Å². The monoisotopic (exact) mass is 512 g/mol. The maximum absolute atomic E-state index is 13.4. The Hall–Kier alpha value is -3.67. The number of ether oxygens (including phenoxy) is 1. The van der Waals surface area contributed by atoms with E-state index in [1.807, 2.05) is 36.1 Å². The van der Waals surface area contributed by atoms with E-state index < -0.39 is 17.3 Å². The first kappa shape index (κ1) is 26.0. The van der Waals surface area contributed by atoms with Crippen molar-refractivity contribution in [3.05, 3.63) is 93.7 Å². The average Bonchev–Trinajstić information content (AvgIpc) is 2.91. The fraction of sp³-hybridized carbons (Fsp3) is 0.406. The van der Waals surface area contributed by atoms with Crippen molar-refractivity contribution in [2.75, 3.05) is 13.2 Å². The third-order valence-electron chi connectivity index (χ3n) is 8.13. The summed E-state index contributed by atoms with van der Waals surface area (Å²) in [6.07, 6.45) is 6.55. The second-order valence-corrected chi connectivity index (χ2v) is 11.2. The first-order valence-electron chi connectivity index (χ1n) is 13.6. The quantitative estimate of drug-likeness (QED) is 0.460. The first-order valence-corrected chi connectivity index (χ1v) is 13.6. The molecule has 0 saturated carbocycles. The number of hydrogen-bond acceptors (Lipinski definition) is 4. The maximum Gasteiger partial charge on any atom is 0.310 e. The van der Waals surface area contributed by atoms with E-state index in [0.717, 1.165) is 54.4 Å². The van der Waals surface area contributed by atoms with Crippen LogP contribution in [0, 0.1) is 12.3 Å². The standard InChI is InChI=1S/C32H36N2O4/c1-21-17-28-33-19-27(21)29(32(2,3)31(36)37)25-13-12-23-14-15-34(20-26(23)18-25)30(35)24-10-8-22(9-11-24)7-5-4-6-16-38-28/h8-13,17-19,29H,4-7,14-16,20H2,1-3H3,(H,36,37)/t29-/m1/s1. The molecule has 1 aromatic heterocycles. The number of amides is 1. The van der Waals surface area contributed by atoms with Crippen LogP contribution in [0.25, 0.3) is 0 Å². The van der Waals surface area contributed by atoms with E-state index in [4.69, 9.17) is 4.74 Å². The second kappa shape index (κ2) is 10.6. The van der Waals surface area contributed by atoms with Crippen molar-refractivity contribution >= 4 is 11.9 Å². The van der Waals surface area contributed by atoms with E-state index in [9.17, 15) is 14.7 Å². The van der Waals surface area contributed by atoms with Crippen LogP contribution in [0.1, 0.15) is 82.8 Å². The van der Waals surface area contributed by atoms with Crippen molar-refractivity contribution in [2.24, 2.45) is 5.41 Å². The van der Waals surface area contributed by atoms with Crippen molar-refractivity contribution in [1.29, 1.82) is 0 Å². The molecule has 3 aromatic rings. The highest BCUT2D eigenvalue weighted by molar-refractivity contribution is 5.94. The number of carboxylic acid groups (broad SMARTS) is 1. The Morgan fingerprint density at radius 1 is 1.03 bits per heavy atom. The molecule has 2 aromatic carbocycles. The zero-order chi connectivity index (χ0) is 26.9. The minimum Gasteiger partial charge on any atom is -0.481 e. The van der Waals surface area contributed by atoms with Crippen LogP contribution in [0.2, 0.25) is 0 Å². The fourth-order valence-electron chi connectivity index (χ4n) is 5.74. The summed E-state index contributed by atoms with van der Waals surface area (Å²) in [7, 11) is 0. The number of nitrogens with zero attached hydrogens (tertiary/aromatic N) is 2. The molecule has 8 rings (SSSR count). The molecular weight excluding hydrogens is 476 g/mol. The number of aliphatic carboxylic acids is 1. The van der Waals surface area contributed by atoms with Gasteiger partial charge in [0.1, 0.15) is 0 Å². The van der Waals surface area contributed by atoms with Crippen LogP contribution < -0.4 is 4.74 Å². The van der Waals surface area contributed by atoms with Gasteiger partial charge in [-0.25, -0.2) is 4.98 Å². The van der Waals surface area contributed by atoms with Gasteiger partial charge < -0.3 is 14.7 Å². The van der Waals surface area contributed by atoms with Gasteiger partial charge in [0, 0.05) is 36.8 Å². The number of carbonyl (C=O) groups excluding carboxylic acids is 1. The Morgan fingerprint density at radius 2 is 1.82 bits per heavy atom. The Balaban J connectivity index is 1.57. The molecule has 5 aliphatic rings. The number of carbonyl (C=O) groups is 2. The van der Waals surface area contributed by atoms with Gasteiger partial charge in [0.2, 0.25) is 5.88 Å². The molecule has 0 spiro atoms. The van der Waals surface area contributed by atoms with Gasteiger partial charge in [-0.15, -0.1) is 0 Å². The molecule has 0 saturated heterocycles. The molecule has 1 amide bonds. The zero-order valence-corrected chi connectivity index (χ0v) is 22.5. The summed E-state index contributed by atoms with van der Waals surface area (Å²) in [5.74, 6) is -0.682. The Labute approximate surface area is 224 Å². The Morgan fingerprint density at radius 3 is 2.55 bits per heavy atom. The largest absolute Gasteiger partial charge is 0.481 e. The second-order valence-electron chi connectivity index (χ2n) is 11.2. The van der Waals surface area contributed by atoms with Crippen LogP contribution in [-0.4, -0.2) is 40.0 Å². The lowest BCUT2D eigenvalue weighted by atomic mass is 9.70. The molecule has 6 heteroatoms. The van der Waals surface area contributed by atoms with E-state index in [2.05, 4.69) is 29.2 Å². The molecule has 0 unspecified atom stereocenters. The van der Waals surface area contributed by atoms with Gasteiger partial charge in [0.25, 0.3) is 5.91 Å². The number of aryl methyl sites for hydroxylation is 2. The highest BCUT2D eigenvalue weighted by Gasteiger charge is 2.40. The molecule has 6 heterocycles. The van der Waals surface area contributed by atoms with Gasteiger partial charge in [-0.2, -0.15) is 0 Å². The zero-order valence-electron chi connectivity index (χ0n) is 22.5. The Kier molecular flexibility index (Phi) is 7.24. The van der Waals surface area contributed by atoms with Crippen molar-refractivity contribution in [2.45, 2.75) is 65.3 Å². The van der Waals surface area contributed by atoms with E-state index in [1.165, 1.54) is 11.1 Å². The van der Waals surface area contributed by atoms with Gasteiger partial charge in [-0.1, -0.05) is 30.3 Å². The molecule has 7 bridgehead atoms. The summed E-state index contributed by atoms with van der Waals surface area (Å²) in [5.41, 5.74) is 5.89. The van der Waals surface area contributed by atoms with Crippen LogP contribution in [0.5, 0.6) is 5.88 Å². The molecule has 198 valence electrons. The molecule has 38 heavy (non-hydrogen) atoms. The van der Waals surface area contributed by atoms with Gasteiger partial charge in [0.15, 0.2) is 0 Å². The molecule has 6 nitrogen and oxygen atoms in total. The number of pyridine rings is 1. The normalized spacial score (nSPS) is 18.2. The van der Waals surface area contributed by atoms with Crippen LogP contribution in [-0.2, 0) is 24.2 Å². The number of benzene rings is 2. The summed E-state index contributed by atoms with van der Waals surface area (Å²) >= 11 is 0. The highest BCUT2D eigenvalue weighted by Crippen LogP contribution is 2.43. The van der Waals surface area contributed by atoms with E-state index in [1.54, 1.807) is 20.0 Å². The van der Waals surface area contributed by atoms with Gasteiger partial charge in [0.05, 0.1) is 12.0 Å². The molecule has 1 atom stereocenters. The minimum atomic E-state index is -1.08. The maximum atomic E-state index is 13.4. The van der Waals surface area contributed by atoms with E-state index >= 15 is 0 Å². The lowest BCUT2D eigenvalue weighted by Crippen LogP contribution is -2.36. The summed E-state index contributed by atoms with van der Waals surface area (Å²) in [4.78, 5) is 32.3. The Bertz CT molecular complexity index is 1350. The van der Waals surface area contributed by atoms with Crippen molar-refractivity contribution in [3.8, 4) is 5.88 Å². The van der Waals surface area contributed by atoms with Crippen molar-refractivity contribution in [1.82, 2.24) is 9.88 Å². The summed E-state index contributed by atoms with van der Waals surface area (Å²) in [6.45, 7) is 7.29. The topological polar surface area (TPSA) is 79.7 Å². The number of rotatable bonds is 2. The molecule has 0 fully saturated rings. The number of aromatic nitrogens is 1. The third-order valence-corrected chi connectivity index (χ3v) is 8.13. The van der Waals surface area contributed by atoms with Crippen molar-refractivity contribution in [3.63, 3.8) is 0 Å². The van der Waals surface area contributed by atoms with Gasteiger partial charge in [-0.05, 0) is 98.4 Å². The van der Waals surface area contributed by atoms with Crippen LogP contribution in [0.4, 0.5) is 0 Å². The van der Waals surface area contributed by atoms with E-state index in [0.29, 0.717) is 31.1 Å². The van der Waals surface area contributed by atoms with Crippen molar-refractivity contribution < 1.29 is 19.4 Å². The number of carboxylic acids is 1. The van der Waals surface area contributed by atoms with Gasteiger partial charge in [-0.3, -0.25) is 9.59 Å². The van der Waals surface area contributed by atoms with Crippen LogP contribution in [0.3, 0.4) is 0 Å². The molecule has 1 N–H and O–H groups in total. The molecule has 5 aliphatic heterocycles. The molecule has 0 aliphatic carbocycles. The van der Waals surface area contributed by atoms with Gasteiger partial charge >= 0.3 is 5.97 Å². The molecule has 0 radical (unpaired) electrons. The SMILES string of the molecule is Cc1cc2ncc1[C@H](C(C)(C)C(=O)O)c1ccc3c(c1)CN(CC3)C(=O)c1ccc(cc1)CCCCCO2. The van der Waals surface area contributed by atoms with Crippen LogP contribution >= 0.6 is 0 Å². The summed E-state index contributed by atoms with van der Waals surface area (Å²) in [5, 5.41) is 10.2. The lowest BCUT2D eigenvalue weighted by Gasteiger charge is -2.34. The predicted octanol–water partition coefficient (Wildman–Crippen LogP) is 5.94. The predicted molar refractivity (Wildman–Crippen MR) is 147 cm³/mol. The minimum absolute atomic E-state index is 0.0358. The fourth-order valence-corrected chi connectivity index (χ4v) is 5.74. The lowest BCUT2D eigenvalue weighted by molar-refractivity contribution is -0.147. The third kappa shape index (κ3) is 5.17. The smallest absolute Gasteiger partial charge is 0.310 e. The first-order chi connectivity index (χ1) is 18.2.